The van der Waals surface area contributed by atoms with E-state index in [1.807, 2.05) is 170 Å². The smallest absolute Gasteiger partial charge is 0.335 e. The molecule has 0 amide bonds. The molecule has 0 spiro atoms. The summed E-state index contributed by atoms with van der Waals surface area (Å²) in [5.41, 5.74) is 9.74. The standard InChI is InChI=1S/4C13H10O2.C2H4/c4*14-13(15)12-8-6-11(7-9-12)10-4-2-1-3-5-10;1-2/h4*1-9H,(H,14,15);1-2H2. The SMILES string of the molecule is C=C.O=C(O)c1ccc(-c2ccccc2)cc1.O=C(O)c1ccc(-c2ccccc2)cc1.O=C(O)c1ccc(-c2ccccc2)cc1.O=C(O)c1ccc(-c2ccccc2)cc1. The normalized spacial score (nSPS) is 9.61. The lowest BCUT2D eigenvalue weighted by Crippen LogP contribution is -1.94. The van der Waals surface area contributed by atoms with E-state index in [2.05, 4.69) is 13.2 Å². The van der Waals surface area contributed by atoms with Gasteiger partial charge in [-0.2, -0.15) is 0 Å². The third-order valence-corrected chi connectivity index (χ3v) is 8.96. The summed E-state index contributed by atoms with van der Waals surface area (Å²) in [4.78, 5) is 42.6. The number of benzene rings is 8. The zero-order chi connectivity index (χ0) is 44.7. The fourth-order valence-corrected chi connectivity index (χ4v) is 5.74. The molecule has 0 heterocycles. The molecule has 0 unspecified atom stereocenters. The molecule has 8 aromatic carbocycles. The Bertz CT molecular complexity index is 2220. The van der Waals surface area contributed by atoms with Crippen LogP contribution in [0.1, 0.15) is 41.4 Å². The molecule has 0 bridgehead atoms. The minimum absolute atomic E-state index is 0.315. The highest BCUT2D eigenvalue weighted by Gasteiger charge is 2.05. The molecular weight excluding hydrogens is 777 g/mol. The van der Waals surface area contributed by atoms with Crippen LogP contribution in [-0.2, 0) is 0 Å². The minimum atomic E-state index is -0.894. The van der Waals surface area contributed by atoms with Crippen LogP contribution in [0.5, 0.6) is 0 Å². The predicted octanol–water partition coefficient (Wildman–Crippen LogP) is 13.0. The molecule has 0 aliphatic carbocycles. The van der Waals surface area contributed by atoms with Crippen LogP contribution in [0, 0.1) is 0 Å². The van der Waals surface area contributed by atoms with Crippen LogP contribution >= 0.6 is 0 Å². The van der Waals surface area contributed by atoms with E-state index in [1.54, 1.807) is 48.5 Å². The largest absolute Gasteiger partial charge is 0.478 e. The maximum absolute atomic E-state index is 10.6. The molecule has 62 heavy (non-hydrogen) atoms. The summed E-state index contributed by atoms with van der Waals surface area (Å²) in [5, 5.41) is 35.0. The number of hydrogen-bond acceptors (Lipinski definition) is 4. The lowest BCUT2D eigenvalue weighted by Gasteiger charge is -2.01. The van der Waals surface area contributed by atoms with E-state index >= 15 is 0 Å². The second-order valence-corrected chi connectivity index (χ2v) is 13.0. The van der Waals surface area contributed by atoms with Crippen molar-refractivity contribution in [2.24, 2.45) is 0 Å². The van der Waals surface area contributed by atoms with Crippen molar-refractivity contribution in [2.45, 2.75) is 0 Å². The number of hydrogen-bond donors (Lipinski definition) is 4. The Hall–Kier alpha value is -8.62. The second-order valence-electron chi connectivity index (χ2n) is 13.0. The van der Waals surface area contributed by atoms with Crippen LogP contribution in [0.15, 0.2) is 232 Å². The van der Waals surface area contributed by atoms with Crippen molar-refractivity contribution >= 4 is 23.9 Å². The molecule has 0 saturated carbocycles. The average Bonchev–Trinajstić information content (AvgIpc) is 3.34. The Morgan fingerprint density at radius 1 is 0.226 bits per heavy atom. The highest BCUT2D eigenvalue weighted by Crippen LogP contribution is 2.22. The average molecular weight is 821 g/mol. The minimum Gasteiger partial charge on any atom is -0.478 e. The van der Waals surface area contributed by atoms with Crippen molar-refractivity contribution in [1.29, 1.82) is 0 Å². The number of rotatable bonds is 8. The van der Waals surface area contributed by atoms with Gasteiger partial charge in [0, 0.05) is 0 Å². The van der Waals surface area contributed by atoms with E-state index in [1.165, 1.54) is 0 Å². The molecule has 0 aromatic heterocycles. The molecule has 8 heteroatoms. The summed E-state index contributed by atoms with van der Waals surface area (Å²) >= 11 is 0. The lowest BCUT2D eigenvalue weighted by atomic mass is 10.0. The first-order chi connectivity index (χ1) is 30.1. The third-order valence-electron chi connectivity index (χ3n) is 8.96. The van der Waals surface area contributed by atoms with Crippen molar-refractivity contribution in [3.05, 3.63) is 254 Å². The quantitative estimate of drug-likeness (QED) is 0.111. The lowest BCUT2D eigenvalue weighted by molar-refractivity contribution is 0.0686. The van der Waals surface area contributed by atoms with Crippen LogP contribution in [0.25, 0.3) is 44.5 Å². The van der Waals surface area contributed by atoms with Gasteiger partial charge in [0.15, 0.2) is 0 Å². The number of carboxylic acids is 4. The Morgan fingerprint density at radius 3 is 0.484 bits per heavy atom. The first-order valence-electron chi connectivity index (χ1n) is 19.1. The molecule has 8 rings (SSSR count). The maximum atomic E-state index is 10.6. The van der Waals surface area contributed by atoms with Gasteiger partial charge in [0.25, 0.3) is 0 Å². The molecule has 4 N–H and O–H groups in total. The van der Waals surface area contributed by atoms with Crippen molar-refractivity contribution < 1.29 is 39.6 Å². The summed E-state index contributed by atoms with van der Waals surface area (Å²) in [6.07, 6.45) is 0. The van der Waals surface area contributed by atoms with Crippen molar-refractivity contribution in [1.82, 2.24) is 0 Å². The van der Waals surface area contributed by atoms with Gasteiger partial charge >= 0.3 is 23.9 Å². The summed E-state index contributed by atoms with van der Waals surface area (Å²) in [6.45, 7) is 6.00. The van der Waals surface area contributed by atoms with Crippen LogP contribution in [-0.4, -0.2) is 44.3 Å². The zero-order valence-electron chi connectivity index (χ0n) is 33.6. The van der Waals surface area contributed by atoms with Gasteiger partial charge in [-0.1, -0.05) is 170 Å². The van der Waals surface area contributed by atoms with Crippen LogP contribution in [0.3, 0.4) is 0 Å². The highest BCUT2D eigenvalue weighted by atomic mass is 16.4. The van der Waals surface area contributed by atoms with Crippen molar-refractivity contribution in [3.63, 3.8) is 0 Å². The molecule has 0 aliphatic rings. The van der Waals surface area contributed by atoms with E-state index in [9.17, 15) is 19.2 Å². The van der Waals surface area contributed by atoms with Crippen LogP contribution in [0.2, 0.25) is 0 Å². The van der Waals surface area contributed by atoms with Gasteiger partial charge in [-0.3, -0.25) is 0 Å². The fourth-order valence-electron chi connectivity index (χ4n) is 5.74. The van der Waals surface area contributed by atoms with Gasteiger partial charge in [-0.25, -0.2) is 19.2 Å². The summed E-state index contributed by atoms with van der Waals surface area (Å²) in [6, 6.07) is 66.9. The summed E-state index contributed by atoms with van der Waals surface area (Å²) < 4.78 is 0. The van der Waals surface area contributed by atoms with Crippen LogP contribution < -0.4 is 0 Å². The number of carboxylic acid groups (broad SMARTS) is 4. The van der Waals surface area contributed by atoms with Gasteiger partial charge in [0.1, 0.15) is 0 Å². The van der Waals surface area contributed by atoms with Gasteiger partial charge in [0.2, 0.25) is 0 Å². The molecule has 0 atom stereocenters. The molecule has 8 nitrogen and oxygen atoms in total. The predicted molar refractivity (Wildman–Crippen MR) is 247 cm³/mol. The second kappa shape index (κ2) is 24.3. The highest BCUT2D eigenvalue weighted by molar-refractivity contribution is 5.90. The molecule has 0 radical (unpaired) electrons. The van der Waals surface area contributed by atoms with E-state index < -0.39 is 23.9 Å². The molecule has 0 saturated heterocycles. The Labute approximate surface area is 360 Å². The van der Waals surface area contributed by atoms with Gasteiger partial charge < -0.3 is 20.4 Å². The first-order valence-corrected chi connectivity index (χ1v) is 19.1. The van der Waals surface area contributed by atoms with Gasteiger partial charge in [-0.15, -0.1) is 13.2 Å². The molecule has 0 fully saturated rings. The van der Waals surface area contributed by atoms with Gasteiger partial charge in [0.05, 0.1) is 22.3 Å². The fraction of sp³-hybridized carbons (Fsp3) is 0. The monoisotopic (exact) mass is 820 g/mol. The van der Waals surface area contributed by atoms with Gasteiger partial charge in [-0.05, 0) is 93.0 Å². The molecule has 0 aliphatic heterocycles. The summed E-state index contributed by atoms with van der Waals surface area (Å²) in [7, 11) is 0. The molecule has 308 valence electrons. The third kappa shape index (κ3) is 14.3. The Balaban J connectivity index is 0.000000179. The Kier molecular flexibility index (Phi) is 18.1. The van der Waals surface area contributed by atoms with E-state index in [0.717, 1.165) is 44.5 Å². The topological polar surface area (TPSA) is 149 Å². The Morgan fingerprint density at radius 2 is 0.355 bits per heavy atom. The van der Waals surface area contributed by atoms with E-state index in [4.69, 9.17) is 20.4 Å². The maximum Gasteiger partial charge on any atom is 0.335 e. The van der Waals surface area contributed by atoms with E-state index in [0.29, 0.717) is 22.3 Å². The molecular formula is C54H44O8. The first kappa shape index (κ1) is 46.1. The zero-order valence-corrected chi connectivity index (χ0v) is 33.6. The number of aromatic carboxylic acids is 4. The summed E-state index contributed by atoms with van der Waals surface area (Å²) in [5.74, 6) is -3.58. The van der Waals surface area contributed by atoms with Crippen LogP contribution in [0.4, 0.5) is 0 Å². The van der Waals surface area contributed by atoms with Crippen molar-refractivity contribution in [3.8, 4) is 44.5 Å². The van der Waals surface area contributed by atoms with Crippen molar-refractivity contribution in [2.75, 3.05) is 0 Å². The van der Waals surface area contributed by atoms with E-state index in [-0.39, 0.29) is 0 Å². The number of carbonyl (C=O) groups is 4. The molecule has 8 aromatic rings.